The highest BCUT2D eigenvalue weighted by Crippen LogP contribution is 2.70. The van der Waals surface area contributed by atoms with E-state index in [4.69, 9.17) is 15.2 Å². The van der Waals surface area contributed by atoms with Crippen molar-refractivity contribution in [3.63, 3.8) is 0 Å². The first-order valence-electron chi connectivity index (χ1n) is 14.4. The van der Waals surface area contributed by atoms with E-state index in [1.54, 1.807) is 0 Å². The Labute approximate surface area is 302 Å². The Hall–Kier alpha value is -2.50. The number of hydrogen-bond donors (Lipinski definition) is 12. The number of H-pyrrole nitrogens is 1. The van der Waals surface area contributed by atoms with E-state index in [2.05, 4.69) is 36.9 Å². The van der Waals surface area contributed by atoms with Gasteiger partial charge in [-0.25, -0.2) is 42.6 Å². The molecule has 5 heterocycles. The fourth-order valence-corrected chi connectivity index (χ4v) is 11.8. The summed E-state index contributed by atoms with van der Waals surface area (Å²) in [6.07, 6.45) is -10.9. The fraction of sp³-hybridized carbons (Fsp3) is 0.526. The smallest absolute Gasteiger partial charge is 0.387 e. The van der Waals surface area contributed by atoms with Crippen LogP contribution in [0.15, 0.2) is 34.5 Å². The maximum atomic E-state index is 12.4. The summed E-state index contributed by atoms with van der Waals surface area (Å²) >= 11 is 0. The Morgan fingerprint density at radius 1 is 0.745 bits per heavy atom. The topological polar surface area (TPSA) is 469 Å². The van der Waals surface area contributed by atoms with Crippen molar-refractivity contribution in [3.05, 3.63) is 45.8 Å². The summed E-state index contributed by atoms with van der Waals surface area (Å²) in [6.45, 7) is -2.40. The third-order valence-electron chi connectivity index (χ3n) is 7.15. The minimum Gasteiger partial charge on any atom is -0.387 e. The highest BCUT2D eigenvalue weighted by atomic mass is 31.3. The molecule has 36 heteroatoms. The van der Waals surface area contributed by atoms with E-state index < -0.39 is 113 Å². The maximum Gasteiger partial charge on any atom is 0.489 e. The van der Waals surface area contributed by atoms with Crippen LogP contribution in [-0.4, -0.2) is 124 Å². The van der Waals surface area contributed by atoms with Gasteiger partial charge in [0.2, 0.25) is 0 Å². The molecule has 9 unspecified atom stereocenters. The number of nitrogens with one attached hydrogen (secondary N) is 2. The summed E-state index contributed by atoms with van der Waals surface area (Å²) in [5, 5.41) is 41.3. The number of hydrogen-bond acceptors (Lipinski definition) is 22. The molecule has 2 aliphatic heterocycles. The molecule has 31 nitrogen and oxygen atoms in total. The van der Waals surface area contributed by atoms with E-state index in [-0.39, 0.29) is 17.0 Å². The average molecular weight is 892 g/mol. The van der Waals surface area contributed by atoms with E-state index in [0.29, 0.717) is 9.42 Å². The number of phosphoric ester groups is 2. The van der Waals surface area contributed by atoms with Gasteiger partial charge in [0, 0.05) is 12.3 Å². The van der Waals surface area contributed by atoms with E-state index in [0.717, 1.165) is 29.5 Å². The first-order chi connectivity index (χ1) is 25.3. The Bertz CT molecular complexity index is 2270. The van der Waals surface area contributed by atoms with E-state index in [1.807, 2.05) is 4.98 Å². The van der Waals surface area contributed by atoms with Crippen LogP contribution < -0.4 is 21.8 Å². The third-order valence-corrected chi connectivity index (χ3v) is 15.2. The monoisotopic (exact) mass is 892 g/mol. The zero-order valence-corrected chi connectivity index (χ0v) is 31.1. The van der Waals surface area contributed by atoms with Gasteiger partial charge in [0.15, 0.2) is 23.9 Å². The summed E-state index contributed by atoms with van der Waals surface area (Å²) in [6, 6.07) is 0.856. The second-order valence-corrected chi connectivity index (χ2v) is 19.2. The Balaban J connectivity index is 1.13. The zero-order chi connectivity index (χ0) is 40.9. The van der Waals surface area contributed by atoms with Gasteiger partial charge in [-0.05, 0) is 0 Å². The van der Waals surface area contributed by atoms with Gasteiger partial charge in [-0.2, -0.15) is 12.9 Å². The number of nitrogen functional groups attached to an aromatic ring is 1. The van der Waals surface area contributed by atoms with Crippen LogP contribution in [0.2, 0.25) is 0 Å². The van der Waals surface area contributed by atoms with Gasteiger partial charge < -0.3 is 60.1 Å². The lowest BCUT2D eigenvalue weighted by atomic mass is 10.1. The maximum absolute atomic E-state index is 12.4. The normalized spacial score (nSPS) is 31.3. The predicted molar refractivity (Wildman–Crippen MR) is 170 cm³/mol. The molecule has 0 saturated carbocycles. The third kappa shape index (κ3) is 10.5. The fourth-order valence-electron chi connectivity index (χ4n) is 4.88. The van der Waals surface area contributed by atoms with Gasteiger partial charge in [-0.15, -0.1) is 4.86 Å². The van der Waals surface area contributed by atoms with Crippen molar-refractivity contribution in [3.8, 4) is 0 Å². The number of phosphoric acid groups is 3. The number of fused-ring (bicyclic) bond motifs is 1. The van der Waals surface area contributed by atoms with Crippen LogP contribution in [0.5, 0.6) is 0 Å². The molecule has 308 valence electrons. The molecule has 0 bridgehead atoms. The SMILES string of the molecule is Nc1ncnc2c1ncn2[C@@H]1O[C@H](COP(=O)(O)OP(=O)(O)NP(=O)(O)OP(=O)(O)OP(=O)(O)OC[C@H]2O[C@@H](n3ccc(=O)[nH]c3=O)C(O)C2O)C(O)C1O. The summed E-state index contributed by atoms with van der Waals surface area (Å²) in [7, 11) is -30.3. The molecule has 2 fully saturated rings. The number of rotatable bonds is 16. The highest BCUT2D eigenvalue weighted by Gasteiger charge is 2.50. The van der Waals surface area contributed by atoms with E-state index in [1.165, 1.54) is 0 Å². The molecule has 55 heavy (non-hydrogen) atoms. The molecule has 3 aromatic rings. The van der Waals surface area contributed by atoms with Crippen LogP contribution >= 0.6 is 39.0 Å². The number of imidazole rings is 1. The highest BCUT2D eigenvalue weighted by molar-refractivity contribution is 7.74. The van der Waals surface area contributed by atoms with Crippen molar-refractivity contribution < 1.29 is 99.2 Å². The number of aliphatic hydroxyl groups is 4. The second kappa shape index (κ2) is 16.0. The van der Waals surface area contributed by atoms with Crippen molar-refractivity contribution in [1.82, 2.24) is 33.9 Å². The van der Waals surface area contributed by atoms with Crippen LogP contribution in [-0.2, 0) is 54.3 Å². The van der Waals surface area contributed by atoms with Gasteiger partial charge in [-0.3, -0.25) is 28.0 Å². The first-order valence-corrected chi connectivity index (χ1v) is 22.1. The standard InChI is InChI=1S/C19H29N8O23P5/c20-15-10-16(22-5-21-15)27(6-23-10)18-14(32)12(30)8(47-18)3-44-53(38,39)48-51(34,35)25-52(36,37)49-55(42,43)50-54(40,41)45-4-7-11(29)13(31)17(46-7)26-2-1-9(28)24-19(26)33/h1-2,5-8,11-14,17-18,29-32H,3-4H2,(H,38,39)(H,40,41)(H,42,43)(H2,20,21,22)(H,24,28,33)(H3,25,34,35,36,37)/t7-,8-,11?,12?,13?,14?,17-,18-/m1/s1. The molecule has 5 rings (SSSR count). The van der Waals surface area contributed by atoms with Crippen LogP contribution in [0, 0.1) is 0 Å². The summed E-state index contributed by atoms with van der Waals surface area (Å²) < 4.78 is 94.4. The van der Waals surface area contributed by atoms with Gasteiger partial charge in [0.25, 0.3) is 5.56 Å². The number of ether oxygens (including phenoxy) is 2. The second-order valence-electron chi connectivity index (χ2n) is 11.1. The molecule has 0 amide bonds. The molecule has 13 N–H and O–H groups in total. The summed E-state index contributed by atoms with van der Waals surface area (Å²) in [5.41, 5.74) is 3.93. The van der Waals surface area contributed by atoms with Gasteiger partial charge >= 0.3 is 44.7 Å². The Morgan fingerprint density at radius 3 is 1.80 bits per heavy atom. The molecule has 0 spiro atoms. The largest absolute Gasteiger partial charge is 0.489 e. The minimum atomic E-state index is -6.30. The predicted octanol–water partition coefficient (Wildman–Crippen LogP) is -3.63. The van der Waals surface area contributed by atoms with E-state index >= 15 is 0 Å². The molecule has 0 aliphatic carbocycles. The summed E-state index contributed by atoms with van der Waals surface area (Å²) in [5.74, 6) is -0.0399. The Kier molecular flexibility index (Phi) is 12.7. The molecular formula is C19H29N8O23P5. The van der Waals surface area contributed by atoms with Crippen LogP contribution in [0.1, 0.15) is 12.5 Å². The van der Waals surface area contributed by atoms with Crippen molar-refractivity contribution >= 4 is 55.9 Å². The van der Waals surface area contributed by atoms with Crippen LogP contribution in [0.4, 0.5) is 5.82 Å². The van der Waals surface area contributed by atoms with E-state index in [9.17, 15) is 77.3 Å². The minimum absolute atomic E-state index is 0.0399. The molecule has 13 atom stereocenters. The number of nitrogens with zero attached hydrogens (tertiary/aromatic N) is 5. The lowest BCUT2D eigenvalue weighted by molar-refractivity contribution is -0.0542. The number of aromatic nitrogens is 6. The zero-order valence-electron chi connectivity index (χ0n) is 26.6. The molecule has 2 saturated heterocycles. The number of nitrogens with two attached hydrogens (primary N) is 1. The average Bonchev–Trinajstić information content (AvgIpc) is 3.67. The van der Waals surface area contributed by atoms with Gasteiger partial charge in [0.1, 0.15) is 48.5 Å². The summed E-state index contributed by atoms with van der Waals surface area (Å²) in [4.78, 5) is 86.7. The quantitative estimate of drug-likeness (QED) is 0.0617. The Morgan fingerprint density at radius 2 is 1.25 bits per heavy atom. The van der Waals surface area contributed by atoms with Crippen LogP contribution in [0.3, 0.4) is 0 Å². The van der Waals surface area contributed by atoms with Gasteiger partial charge in [0.05, 0.1) is 19.5 Å². The van der Waals surface area contributed by atoms with Crippen molar-refractivity contribution in [2.24, 2.45) is 0 Å². The lowest BCUT2D eigenvalue weighted by Gasteiger charge is -2.22. The number of anilines is 1. The molecule has 2 aliphatic rings. The first kappa shape index (κ1) is 43.6. The van der Waals surface area contributed by atoms with Crippen molar-refractivity contribution in [2.45, 2.75) is 49.1 Å². The van der Waals surface area contributed by atoms with Crippen molar-refractivity contribution in [1.29, 1.82) is 0 Å². The molecular weight excluding hydrogens is 863 g/mol. The molecule has 0 radical (unpaired) electrons. The number of aliphatic hydroxyl groups excluding tert-OH is 4. The van der Waals surface area contributed by atoms with Crippen molar-refractivity contribution in [2.75, 3.05) is 18.9 Å². The van der Waals surface area contributed by atoms with Gasteiger partial charge in [-0.1, -0.05) is 0 Å². The lowest BCUT2D eigenvalue weighted by Crippen LogP contribution is -2.37. The molecule has 3 aromatic heterocycles. The van der Waals surface area contributed by atoms with Crippen LogP contribution in [0.25, 0.3) is 11.2 Å². The number of aromatic amines is 1. The molecule has 0 aromatic carbocycles.